The van der Waals surface area contributed by atoms with Gasteiger partial charge in [0.05, 0.1) is 13.7 Å². The van der Waals surface area contributed by atoms with Gasteiger partial charge in [-0.25, -0.2) is 0 Å². The summed E-state index contributed by atoms with van der Waals surface area (Å²) in [6, 6.07) is 4.16. The summed E-state index contributed by atoms with van der Waals surface area (Å²) in [4.78, 5) is 10.8. The van der Waals surface area contributed by atoms with E-state index in [0.29, 0.717) is 5.56 Å². The highest BCUT2D eigenvalue weighted by molar-refractivity contribution is 5.76. The molecule has 5 nitrogen and oxygen atoms in total. The fourth-order valence-electron chi connectivity index (χ4n) is 1.24. The van der Waals surface area contributed by atoms with Gasteiger partial charge in [-0.05, 0) is 17.7 Å². The number of aromatic hydroxyl groups is 1. The molecule has 0 amide bonds. The summed E-state index contributed by atoms with van der Waals surface area (Å²) in [7, 11) is 1.37. The van der Waals surface area contributed by atoms with Gasteiger partial charge in [0.25, 0.3) is 0 Å². The van der Waals surface area contributed by atoms with Crippen molar-refractivity contribution in [3.05, 3.63) is 23.8 Å². The van der Waals surface area contributed by atoms with Crippen LogP contribution in [0.4, 0.5) is 0 Å². The van der Waals surface area contributed by atoms with Gasteiger partial charge in [-0.1, -0.05) is 6.07 Å². The van der Waals surface area contributed by atoms with Crippen LogP contribution in [-0.2, 0) is 4.79 Å². The van der Waals surface area contributed by atoms with E-state index >= 15 is 0 Å². The molecule has 82 valence electrons. The molecule has 0 aliphatic rings. The summed E-state index contributed by atoms with van der Waals surface area (Å²) >= 11 is 0. The van der Waals surface area contributed by atoms with E-state index in [0.717, 1.165) is 0 Å². The van der Waals surface area contributed by atoms with E-state index in [-0.39, 0.29) is 11.5 Å². The molecule has 0 fully saturated rings. The third kappa shape index (κ3) is 2.38. The van der Waals surface area contributed by atoms with Crippen LogP contribution in [0, 0.1) is 0 Å². The van der Waals surface area contributed by atoms with Gasteiger partial charge in [-0.15, -0.1) is 0 Å². The minimum Gasteiger partial charge on any atom is -0.504 e. The number of methoxy groups -OCH3 is 1. The molecule has 0 heterocycles. The summed E-state index contributed by atoms with van der Waals surface area (Å²) in [6.07, 6.45) is 0. The first-order valence-electron chi connectivity index (χ1n) is 4.30. The minimum absolute atomic E-state index is 0.0664. The summed E-state index contributed by atoms with van der Waals surface area (Å²) in [6.45, 7) is -0.497. The predicted octanol–water partition coefficient (Wildman–Crippen LogP) is 0.561. The monoisotopic (exact) mass is 212 g/mol. The fraction of sp³-hybridized carbons (Fsp3) is 0.300. The zero-order valence-corrected chi connectivity index (χ0v) is 8.17. The average Bonchev–Trinajstić information content (AvgIpc) is 2.21. The van der Waals surface area contributed by atoms with E-state index in [9.17, 15) is 9.90 Å². The number of phenolic OH excluding ortho intramolecular Hbond substituents is 1. The molecule has 0 aliphatic carbocycles. The summed E-state index contributed by atoms with van der Waals surface area (Å²) in [5.74, 6) is -2.00. The number of hydrogen-bond acceptors (Lipinski definition) is 4. The van der Waals surface area contributed by atoms with Crippen LogP contribution in [0.1, 0.15) is 11.5 Å². The van der Waals surface area contributed by atoms with E-state index in [1.807, 2.05) is 0 Å². The number of aliphatic hydroxyl groups excluding tert-OH is 1. The SMILES string of the molecule is COc1cc(C(CO)C(=O)O)ccc1O. The Labute approximate surface area is 86.5 Å². The number of ether oxygens (including phenoxy) is 1. The number of hydrogen-bond donors (Lipinski definition) is 3. The number of carbonyl (C=O) groups is 1. The Bertz CT molecular complexity index is 361. The van der Waals surface area contributed by atoms with Crippen molar-refractivity contribution in [1.82, 2.24) is 0 Å². The van der Waals surface area contributed by atoms with E-state index in [2.05, 4.69) is 0 Å². The number of carboxylic acid groups (broad SMARTS) is 1. The molecule has 1 aromatic rings. The average molecular weight is 212 g/mol. The van der Waals surface area contributed by atoms with Crippen molar-refractivity contribution in [3.63, 3.8) is 0 Å². The van der Waals surface area contributed by atoms with Gasteiger partial charge in [0.2, 0.25) is 0 Å². The zero-order valence-electron chi connectivity index (χ0n) is 8.17. The molecule has 0 aromatic heterocycles. The van der Waals surface area contributed by atoms with Crippen molar-refractivity contribution in [3.8, 4) is 11.5 Å². The Hall–Kier alpha value is -1.75. The Morgan fingerprint density at radius 3 is 2.67 bits per heavy atom. The van der Waals surface area contributed by atoms with E-state index in [1.54, 1.807) is 0 Å². The molecule has 0 saturated heterocycles. The standard InChI is InChI=1S/C10H12O5/c1-15-9-4-6(2-3-8(9)12)7(5-11)10(13)14/h2-4,7,11-12H,5H2,1H3,(H,13,14). The Balaban J connectivity index is 3.09. The minimum atomic E-state index is -1.12. The van der Waals surface area contributed by atoms with E-state index < -0.39 is 18.5 Å². The molecule has 0 spiro atoms. The van der Waals surface area contributed by atoms with E-state index in [4.69, 9.17) is 14.9 Å². The maximum absolute atomic E-state index is 10.8. The molecule has 1 atom stereocenters. The highest BCUT2D eigenvalue weighted by Crippen LogP contribution is 2.29. The van der Waals surface area contributed by atoms with Gasteiger partial charge in [-0.3, -0.25) is 4.79 Å². The number of rotatable bonds is 4. The van der Waals surface area contributed by atoms with Gasteiger partial charge >= 0.3 is 5.97 Å². The van der Waals surface area contributed by atoms with Crippen LogP contribution in [0.2, 0.25) is 0 Å². The van der Waals surface area contributed by atoms with Crippen LogP contribution >= 0.6 is 0 Å². The maximum Gasteiger partial charge on any atom is 0.313 e. The molecule has 1 aromatic carbocycles. The first-order valence-corrected chi connectivity index (χ1v) is 4.30. The predicted molar refractivity (Wildman–Crippen MR) is 52.1 cm³/mol. The molecule has 0 radical (unpaired) electrons. The molecule has 0 bridgehead atoms. The first kappa shape index (κ1) is 11.3. The van der Waals surface area contributed by atoms with Gasteiger partial charge in [0, 0.05) is 0 Å². The number of benzene rings is 1. The van der Waals surface area contributed by atoms with Crippen LogP contribution in [0.3, 0.4) is 0 Å². The first-order chi connectivity index (χ1) is 7.10. The number of phenols is 1. The molecule has 15 heavy (non-hydrogen) atoms. The smallest absolute Gasteiger partial charge is 0.313 e. The van der Waals surface area contributed by atoms with Gasteiger partial charge < -0.3 is 20.1 Å². The lowest BCUT2D eigenvalue weighted by molar-refractivity contribution is -0.139. The largest absolute Gasteiger partial charge is 0.504 e. The lowest BCUT2D eigenvalue weighted by atomic mass is 10.00. The number of aliphatic hydroxyl groups is 1. The summed E-state index contributed by atoms with van der Waals surface area (Å²) in [5.41, 5.74) is 0.389. The van der Waals surface area contributed by atoms with Crippen molar-refractivity contribution < 1.29 is 24.9 Å². The lowest BCUT2D eigenvalue weighted by Crippen LogP contribution is -2.15. The van der Waals surface area contributed by atoms with Crippen molar-refractivity contribution in [1.29, 1.82) is 0 Å². The molecular formula is C10H12O5. The Morgan fingerprint density at radius 1 is 1.53 bits per heavy atom. The Kier molecular flexibility index (Phi) is 3.51. The molecule has 5 heteroatoms. The van der Waals surface area contributed by atoms with Crippen LogP contribution in [0.25, 0.3) is 0 Å². The van der Waals surface area contributed by atoms with Crippen LogP contribution in [0.5, 0.6) is 11.5 Å². The Morgan fingerprint density at radius 2 is 2.20 bits per heavy atom. The molecular weight excluding hydrogens is 200 g/mol. The molecule has 3 N–H and O–H groups in total. The van der Waals surface area contributed by atoms with Gasteiger partial charge in [0.15, 0.2) is 11.5 Å². The summed E-state index contributed by atoms with van der Waals surface area (Å²) < 4.78 is 4.84. The molecule has 1 rings (SSSR count). The normalized spacial score (nSPS) is 12.1. The third-order valence-corrected chi connectivity index (χ3v) is 2.09. The van der Waals surface area contributed by atoms with Crippen molar-refractivity contribution in [2.24, 2.45) is 0 Å². The van der Waals surface area contributed by atoms with Crippen LogP contribution in [0.15, 0.2) is 18.2 Å². The second-order valence-corrected chi connectivity index (χ2v) is 3.00. The molecule has 0 aliphatic heterocycles. The van der Waals surface area contributed by atoms with Gasteiger partial charge in [0.1, 0.15) is 5.92 Å². The van der Waals surface area contributed by atoms with Crippen molar-refractivity contribution in [2.75, 3.05) is 13.7 Å². The van der Waals surface area contributed by atoms with E-state index in [1.165, 1.54) is 25.3 Å². The van der Waals surface area contributed by atoms with Crippen LogP contribution < -0.4 is 4.74 Å². The van der Waals surface area contributed by atoms with Crippen molar-refractivity contribution in [2.45, 2.75) is 5.92 Å². The second kappa shape index (κ2) is 4.65. The molecule has 0 saturated carbocycles. The zero-order chi connectivity index (χ0) is 11.4. The molecule has 1 unspecified atom stereocenters. The number of carboxylic acids is 1. The maximum atomic E-state index is 10.8. The highest BCUT2D eigenvalue weighted by atomic mass is 16.5. The summed E-state index contributed by atoms with van der Waals surface area (Å²) in [5, 5.41) is 27.0. The fourth-order valence-corrected chi connectivity index (χ4v) is 1.24. The van der Waals surface area contributed by atoms with Gasteiger partial charge in [-0.2, -0.15) is 0 Å². The lowest BCUT2D eigenvalue weighted by Gasteiger charge is -2.11. The topological polar surface area (TPSA) is 87.0 Å². The van der Waals surface area contributed by atoms with Crippen LogP contribution in [-0.4, -0.2) is 35.0 Å². The third-order valence-electron chi connectivity index (χ3n) is 2.09. The highest BCUT2D eigenvalue weighted by Gasteiger charge is 2.19. The van der Waals surface area contributed by atoms with Crippen molar-refractivity contribution >= 4 is 5.97 Å². The number of aliphatic carboxylic acids is 1. The quantitative estimate of drug-likeness (QED) is 0.678. The second-order valence-electron chi connectivity index (χ2n) is 3.00.